The lowest BCUT2D eigenvalue weighted by Gasteiger charge is -2.18. The van der Waals surface area contributed by atoms with Gasteiger partial charge in [-0.2, -0.15) is 0 Å². The van der Waals surface area contributed by atoms with Crippen LogP contribution in [0.5, 0.6) is 5.75 Å². The first-order valence-corrected chi connectivity index (χ1v) is 9.94. The van der Waals surface area contributed by atoms with Crippen molar-refractivity contribution in [2.75, 3.05) is 26.5 Å². The van der Waals surface area contributed by atoms with Gasteiger partial charge >= 0.3 is 6.03 Å². The second-order valence-electron chi connectivity index (χ2n) is 6.48. The van der Waals surface area contributed by atoms with Gasteiger partial charge in [0, 0.05) is 19.8 Å². The van der Waals surface area contributed by atoms with Gasteiger partial charge in [-0.15, -0.1) is 0 Å². The van der Waals surface area contributed by atoms with Gasteiger partial charge < -0.3 is 15.4 Å². The molecule has 0 aliphatic heterocycles. The summed E-state index contributed by atoms with van der Waals surface area (Å²) < 4.78 is 44.4. The van der Waals surface area contributed by atoms with Crippen molar-refractivity contribution in [3.8, 4) is 5.75 Å². The van der Waals surface area contributed by atoms with Crippen LogP contribution in [0.3, 0.4) is 0 Å². The largest absolute Gasteiger partial charge is 0.494 e. The highest BCUT2D eigenvalue weighted by Gasteiger charge is 2.19. The minimum atomic E-state index is -3.62. The van der Waals surface area contributed by atoms with Crippen LogP contribution in [0.15, 0.2) is 41.3 Å². The van der Waals surface area contributed by atoms with Gasteiger partial charge in [-0.3, -0.25) is 0 Å². The molecule has 0 aliphatic rings. The van der Waals surface area contributed by atoms with Crippen LogP contribution >= 0.6 is 0 Å². The number of nitrogens with one attached hydrogen (secondary N) is 2. The van der Waals surface area contributed by atoms with Crippen molar-refractivity contribution in [3.63, 3.8) is 0 Å². The van der Waals surface area contributed by atoms with Crippen molar-refractivity contribution in [2.45, 2.75) is 24.8 Å². The summed E-state index contributed by atoms with van der Waals surface area (Å²) in [5, 5.41) is 5.35. The summed E-state index contributed by atoms with van der Waals surface area (Å²) in [6.45, 7) is 3.46. The van der Waals surface area contributed by atoms with Crippen LogP contribution in [0.4, 0.5) is 14.9 Å². The van der Waals surface area contributed by atoms with Crippen molar-refractivity contribution < 1.29 is 22.3 Å². The first-order valence-electron chi connectivity index (χ1n) is 8.50. The first-order chi connectivity index (χ1) is 13.1. The molecule has 2 N–H and O–H groups in total. The number of methoxy groups -OCH3 is 1. The number of carbonyl (C=O) groups excluding carboxylic acids is 1. The van der Waals surface area contributed by atoms with E-state index in [0.717, 1.165) is 4.31 Å². The van der Waals surface area contributed by atoms with E-state index in [-0.39, 0.29) is 10.6 Å². The minimum absolute atomic E-state index is 0.0728. The highest BCUT2D eigenvalue weighted by Crippen LogP contribution is 2.23. The quantitative estimate of drug-likeness (QED) is 0.767. The van der Waals surface area contributed by atoms with E-state index in [1.54, 1.807) is 26.0 Å². The van der Waals surface area contributed by atoms with Gasteiger partial charge in [-0.1, -0.05) is 12.1 Å². The fraction of sp³-hybridized carbons (Fsp3) is 0.316. The van der Waals surface area contributed by atoms with Crippen molar-refractivity contribution in [1.29, 1.82) is 0 Å². The van der Waals surface area contributed by atoms with Crippen LogP contribution in [0.1, 0.15) is 24.1 Å². The summed E-state index contributed by atoms with van der Waals surface area (Å²) in [5.41, 5.74) is 1.64. The second kappa shape index (κ2) is 8.57. The molecule has 1 atom stereocenters. The molecular weight excluding hydrogens is 385 g/mol. The van der Waals surface area contributed by atoms with E-state index in [0.29, 0.717) is 16.8 Å². The average molecular weight is 409 g/mol. The second-order valence-corrected chi connectivity index (χ2v) is 8.63. The van der Waals surface area contributed by atoms with Crippen LogP contribution in [0.25, 0.3) is 0 Å². The number of aryl methyl sites for hydroxylation is 1. The first kappa shape index (κ1) is 21.6. The zero-order valence-corrected chi connectivity index (χ0v) is 17.2. The predicted molar refractivity (Wildman–Crippen MR) is 106 cm³/mol. The molecule has 0 aliphatic carbocycles. The maximum Gasteiger partial charge on any atom is 0.319 e. The Hall–Kier alpha value is -2.65. The molecule has 2 amide bonds. The average Bonchev–Trinajstić information content (AvgIpc) is 2.63. The Bertz CT molecular complexity index is 977. The van der Waals surface area contributed by atoms with Gasteiger partial charge in [0.2, 0.25) is 10.0 Å². The number of nitrogens with zero attached hydrogens (tertiary/aromatic N) is 1. The number of benzene rings is 2. The molecule has 2 rings (SSSR count). The smallest absolute Gasteiger partial charge is 0.319 e. The van der Waals surface area contributed by atoms with E-state index in [2.05, 4.69) is 10.6 Å². The predicted octanol–water partition coefficient (Wildman–Crippen LogP) is 3.28. The van der Waals surface area contributed by atoms with Crippen molar-refractivity contribution >= 4 is 21.7 Å². The number of halogens is 1. The number of sulfonamides is 1. The van der Waals surface area contributed by atoms with Crippen LogP contribution in [-0.2, 0) is 10.0 Å². The zero-order valence-electron chi connectivity index (χ0n) is 16.4. The van der Waals surface area contributed by atoms with E-state index >= 15 is 0 Å². The molecule has 7 nitrogen and oxygen atoms in total. The minimum Gasteiger partial charge on any atom is -0.494 e. The number of hydrogen-bond acceptors (Lipinski definition) is 4. The molecule has 0 saturated carbocycles. The number of ether oxygens (including phenoxy) is 1. The molecule has 2 aromatic rings. The highest BCUT2D eigenvalue weighted by atomic mass is 32.2. The van der Waals surface area contributed by atoms with Gasteiger partial charge in [-0.05, 0) is 49.2 Å². The number of urea groups is 1. The molecule has 2 aromatic carbocycles. The van der Waals surface area contributed by atoms with Crippen molar-refractivity contribution in [3.05, 3.63) is 53.3 Å². The summed E-state index contributed by atoms with van der Waals surface area (Å²) in [5.74, 6) is -0.401. The monoisotopic (exact) mass is 409 g/mol. The molecule has 152 valence electrons. The van der Waals surface area contributed by atoms with Crippen molar-refractivity contribution in [2.24, 2.45) is 0 Å². The van der Waals surface area contributed by atoms with Gasteiger partial charge in [-0.25, -0.2) is 21.9 Å². The molecule has 0 saturated heterocycles. The molecule has 0 bridgehead atoms. The van der Waals surface area contributed by atoms with E-state index in [9.17, 15) is 17.6 Å². The summed E-state index contributed by atoms with van der Waals surface area (Å²) in [7, 11) is 0.624. The zero-order chi connectivity index (χ0) is 21.1. The summed E-state index contributed by atoms with van der Waals surface area (Å²) in [6.07, 6.45) is 0. The molecule has 0 aromatic heterocycles. The normalized spacial score (nSPS) is 12.5. The Morgan fingerprint density at radius 1 is 1.18 bits per heavy atom. The number of amides is 2. The van der Waals surface area contributed by atoms with Crippen LogP contribution in [0, 0.1) is 12.7 Å². The third-order valence-electron chi connectivity index (χ3n) is 4.26. The topological polar surface area (TPSA) is 87.7 Å². The molecule has 0 heterocycles. The molecule has 0 spiro atoms. The number of hydrogen-bond donors (Lipinski definition) is 2. The number of anilines is 1. The summed E-state index contributed by atoms with van der Waals surface area (Å²) in [6, 6.07) is 7.93. The summed E-state index contributed by atoms with van der Waals surface area (Å²) >= 11 is 0. The van der Waals surface area contributed by atoms with E-state index in [4.69, 9.17) is 4.74 Å². The van der Waals surface area contributed by atoms with Gasteiger partial charge in [0.1, 0.15) is 0 Å². The van der Waals surface area contributed by atoms with E-state index < -0.39 is 27.9 Å². The summed E-state index contributed by atoms with van der Waals surface area (Å²) in [4.78, 5) is 12.4. The van der Waals surface area contributed by atoms with Crippen LogP contribution in [0.2, 0.25) is 0 Å². The Labute approximate surface area is 164 Å². The Morgan fingerprint density at radius 3 is 2.43 bits per heavy atom. The fourth-order valence-electron chi connectivity index (χ4n) is 2.50. The molecule has 9 heteroatoms. The van der Waals surface area contributed by atoms with Gasteiger partial charge in [0.25, 0.3) is 0 Å². The van der Waals surface area contributed by atoms with Crippen LogP contribution in [-0.4, -0.2) is 40.0 Å². The standard InChI is InChI=1S/C19H24FN3O4S/c1-12-6-8-15(28(25,26)23(3)4)11-17(12)22-19(24)21-13(2)14-7-9-18(27-5)16(20)10-14/h6-11,13H,1-5H3,(H2,21,22,24). The lowest BCUT2D eigenvalue weighted by molar-refractivity contribution is 0.249. The fourth-order valence-corrected chi connectivity index (χ4v) is 3.43. The lowest BCUT2D eigenvalue weighted by Crippen LogP contribution is -2.31. The molecule has 1 unspecified atom stereocenters. The van der Waals surface area contributed by atoms with Crippen LogP contribution < -0.4 is 15.4 Å². The molecule has 0 radical (unpaired) electrons. The Morgan fingerprint density at radius 2 is 1.86 bits per heavy atom. The third kappa shape index (κ3) is 4.79. The number of carbonyl (C=O) groups is 1. The molecule has 28 heavy (non-hydrogen) atoms. The molecular formula is C19H24FN3O4S. The lowest BCUT2D eigenvalue weighted by atomic mass is 10.1. The Balaban J connectivity index is 2.15. The van der Waals surface area contributed by atoms with Crippen molar-refractivity contribution in [1.82, 2.24) is 9.62 Å². The maximum absolute atomic E-state index is 13.9. The highest BCUT2D eigenvalue weighted by molar-refractivity contribution is 7.89. The number of rotatable bonds is 6. The molecule has 0 fully saturated rings. The van der Waals surface area contributed by atoms with E-state index in [1.807, 2.05) is 0 Å². The Kier molecular flexibility index (Phi) is 6.63. The van der Waals surface area contributed by atoms with Gasteiger partial charge in [0.05, 0.1) is 18.0 Å². The van der Waals surface area contributed by atoms with Gasteiger partial charge in [0.15, 0.2) is 11.6 Å². The van der Waals surface area contributed by atoms with E-state index in [1.165, 1.54) is 45.5 Å². The SMILES string of the molecule is COc1ccc(C(C)NC(=O)Nc2cc(S(=O)(=O)N(C)C)ccc2C)cc1F. The third-order valence-corrected chi connectivity index (χ3v) is 6.07. The maximum atomic E-state index is 13.9.